The molecule has 2 aliphatic rings. The summed E-state index contributed by atoms with van der Waals surface area (Å²) in [7, 11) is 0. The van der Waals surface area contributed by atoms with E-state index in [1.165, 1.54) is 0 Å². The average Bonchev–Trinajstić information content (AvgIpc) is 3.02. The fraction of sp³-hybridized carbons (Fsp3) is 0.467. The van der Waals surface area contributed by atoms with Crippen LogP contribution in [0.5, 0.6) is 0 Å². The standard InChI is InChI=1S/C15H18N4/c1-10-12-7-16-6-11(12)9-19(10)15-8-17-13-4-2-3-5-14(13)18-15/h2-5,8,10-12,16H,6-7,9H2,1H3. The van der Waals surface area contributed by atoms with E-state index < -0.39 is 0 Å². The molecule has 0 bridgehead atoms. The summed E-state index contributed by atoms with van der Waals surface area (Å²) in [5.41, 5.74) is 1.96. The van der Waals surface area contributed by atoms with Crippen LogP contribution in [-0.2, 0) is 0 Å². The quantitative estimate of drug-likeness (QED) is 0.840. The molecule has 98 valence electrons. The maximum absolute atomic E-state index is 4.78. The Hall–Kier alpha value is -1.68. The van der Waals surface area contributed by atoms with Crippen LogP contribution in [0.3, 0.4) is 0 Å². The number of nitrogens with one attached hydrogen (secondary N) is 1. The van der Waals surface area contributed by atoms with Gasteiger partial charge < -0.3 is 10.2 Å². The molecular formula is C15H18N4. The van der Waals surface area contributed by atoms with E-state index in [2.05, 4.69) is 22.1 Å². The lowest BCUT2D eigenvalue weighted by Crippen LogP contribution is -2.33. The van der Waals surface area contributed by atoms with E-state index in [9.17, 15) is 0 Å². The van der Waals surface area contributed by atoms with Gasteiger partial charge in [0.05, 0.1) is 17.2 Å². The van der Waals surface area contributed by atoms with Crippen LogP contribution in [0.25, 0.3) is 11.0 Å². The highest BCUT2D eigenvalue weighted by Crippen LogP contribution is 2.35. The lowest BCUT2D eigenvalue weighted by molar-refractivity contribution is 0.471. The van der Waals surface area contributed by atoms with Crippen molar-refractivity contribution < 1.29 is 0 Å². The van der Waals surface area contributed by atoms with Crippen molar-refractivity contribution >= 4 is 16.9 Å². The highest BCUT2D eigenvalue weighted by molar-refractivity contribution is 5.75. The Morgan fingerprint density at radius 3 is 2.89 bits per heavy atom. The Labute approximate surface area is 112 Å². The predicted molar refractivity (Wildman–Crippen MR) is 76.2 cm³/mol. The fourth-order valence-corrected chi connectivity index (χ4v) is 3.56. The summed E-state index contributed by atoms with van der Waals surface area (Å²) >= 11 is 0. The van der Waals surface area contributed by atoms with Crippen LogP contribution in [0.2, 0.25) is 0 Å². The monoisotopic (exact) mass is 254 g/mol. The molecule has 0 amide bonds. The topological polar surface area (TPSA) is 41.0 Å². The normalized spacial score (nSPS) is 29.9. The van der Waals surface area contributed by atoms with Crippen molar-refractivity contribution in [3.05, 3.63) is 30.5 Å². The molecule has 1 aromatic carbocycles. The van der Waals surface area contributed by atoms with Crippen LogP contribution in [0.4, 0.5) is 5.82 Å². The van der Waals surface area contributed by atoms with Crippen molar-refractivity contribution in [3.63, 3.8) is 0 Å². The summed E-state index contributed by atoms with van der Waals surface area (Å²) in [5, 5.41) is 3.49. The molecule has 2 aliphatic heterocycles. The fourth-order valence-electron chi connectivity index (χ4n) is 3.56. The van der Waals surface area contributed by atoms with Crippen LogP contribution in [0.15, 0.2) is 30.5 Å². The van der Waals surface area contributed by atoms with E-state index in [0.717, 1.165) is 48.3 Å². The first-order chi connectivity index (χ1) is 9.33. The number of benzene rings is 1. The third kappa shape index (κ3) is 1.70. The van der Waals surface area contributed by atoms with Crippen LogP contribution in [0.1, 0.15) is 6.92 Å². The second-order valence-electron chi connectivity index (χ2n) is 5.69. The van der Waals surface area contributed by atoms with Gasteiger partial charge in [0.25, 0.3) is 0 Å². The van der Waals surface area contributed by atoms with Crippen molar-refractivity contribution in [1.29, 1.82) is 0 Å². The van der Waals surface area contributed by atoms with Crippen molar-refractivity contribution in [2.75, 3.05) is 24.5 Å². The van der Waals surface area contributed by atoms with E-state index in [0.29, 0.717) is 6.04 Å². The second-order valence-corrected chi connectivity index (χ2v) is 5.69. The maximum Gasteiger partial charge on any atom is 0.148 e. The Kier molecular flexibility index (Phi) is 2.45. The van der Waals surface area contributed by atoms with Gasteiger partial charge in [0.2, 0.25) is 0 Å². The van der Waals surface area contributed by atoms with Gasteiger partial charge in [-0.2, -0.15) is 0 Å². The molecule has 2 aromatic rings. The van der Waals surface area contributed by atoms with Gasteiger partial charge in [0, 0.05) is 25.7 Å². The predicted octanol–water partition coefficient (Wildman–Crippen LogP) is 1.67. The van der Waals surface area contributed by atoms with Crippen LogP contribution in [-0.4, -0.2) is 35.6 Å². The Morgan fingerprint density at radius 1 is 1.21 bits per heavy atom. The van der Waals surface area contributed by atoms with Crippen LogP contribution >= 0.6 is 0 Å². The van der Waals surface area contributed by atoms with E-state index in [1.807, 2.05) is 30.5 Å². The number of nitrogens with zero attached hydrogens (tertiary/aromatic N) is 3. The molecule has 3 unspecified atom stereocenters. The van der Waals surface area contributed by atoms with E-state index in [-0.39, 0.29) is 0 Å². The maximum atomic E-state index is 4.78. The van der Waals surface area contributed by atoms with Crippen molar-refractivity contribution in [1.82, 2.24) is 15.3 Å². The van der Waals surface area contributed by atoms with E-state index in [4.69, 9.17) is 4.98 Å². The van der Waals surface area contributed by atoms with Gasteiger partial charge in [-0.25, -0.2) is 4.98 Å². The van der Waals surface area contributed by atoms with Gasteiger partial charge in [-0.3, -0.25) is 4.98 Å². The molecule has 0 aliphatic carbocycles. The highest BCUT2D eigenvalue weighted by Gasteiger charge is 2.42. The second kappa shape index (κ2) is 4.17. The van der Waals surface area contributed by atoms with E-state index in [1.54, 1.807) is 0 Å². The number of aromatic nitrogens is 2. The number of rotatable bonds is 1. The van der Waals surface area contributed by atoms with Crippen molar-refractivity contribution in [2.45, 2.75) is 13.0 Å². The number of hydrogen-bond donors (Lipinski definition) is 1. The number of para-hydroxylation sites is 2. The largest absolute Gasteiger partial charge is 0.352 e. The molecule has 0 radical (unpaired) electrons. The van der Waals surface area contributed by atoms with Gasteiger partial charge in [-0.05, 0) is 30.9 Å². The molecule has 19 heavy (non-hydrogen) atoms. The van der Waals surface area contributed by atoms with Crippen molar-refractivity contribution in [3.8, 4) is 0 Å². The number of fused-ring (bicyclic) bond motifs is 2. The Morgan fingerprint density at radius 2 is 2.05 bits per heavy atom. The summed E-state index contributed by atoms with van der Waals surface area (Å²) in [6.45, 7) is 5.70. The highest BCUT2D eigenvalue weighted by atomic mass is 15.3. The van der Waals surface area contributed by atoms with Crippen molar-refractivity contribution in [2.24, 2.45) is 11.8 Å². The molecule has 2 fully saturated rings. The molecule has 3 atom stereocenters. The SMILES string of the molecule is CC1C2CNCC2CN1c1cnc2ccccc2n1. The van der Waals surface area contributed by atoms with Gasteiger partial charge in [0.1, 0.15) is 5.82 Å². The summed E-state index contributed by atoms with van der Waals surface area (Å²) in [6, 6.07) is 8.63. The number of hydrogen-bond acceptors (Lipinski definition) is 4. The minimum Gasteiger partial charge on any atom is -0.352 e. The number of anilines is 1. The lowest BCUT2D eigenvalue weighted by atomic mass is 9.95. The zero-order valence-corrected chi connectivity index (χ0v) is 11.1. The summed E-state index contributed by atoms with van der Waals surface area (Å²) < 4.78 is 0. The smallest absolute Gasteiger partial charge is 0.148 e. The molecule has 4 heteroatoms. The lowest BCUT2D eigenvalue weighted by Gasteiger charge is -2.25. The van der Waals surface area contributed by atoms with Gasteiger partial charge >= 0.3 is 0 Å². The summed E-state index contributed by atoms with van der Waals surface area (Å²) in [5.74, 6) is 2.55. The van der Waals surface area contributed by atoms with Crippen LogP contribution < -0.4 is 10.2 Å². The zero-order valence-electron chi connectivity index (χ0n) is 11.1. The minimum atomic E-state index is 0.551. The zero-order chi connectivity index (χ0) is 12.8. The van der Waals surface area contributed by atoms with Gasteiger partial charge in [-0.1, -0.05) is 12.1 Å². The molecule has 1 N–H and O–H groups in total. The first-order valence-electron chi connectivity index (χ1n) is 7.02. The first-order valence-corrected chi connectivity index (χ1v) is 7.02. The van der Waals surface area contributed by atoms with Crippen LogP contribution in [0, 0.1) is 11.8 Å². The first kappa shape index (κ1) is 11.2. The Bertz CT molecular complexity index is 612. The summed E-state index contributed by atoms with van der Waals surface area (Å²) in [4.78, 5) is 11.7. The minimum absolute atomic E-state index is 0.551. The van der Waals surface area contributed by atoms with E-state index >= 15 is 0 Å². The third-order valence-corrected chi connectivity index (χ3v) is 4.66. The molecule has 2 saturated heterocycles. The molecular weight excluding hydrogens is 236 g/mol. The molecule has 4 nitrogen and oxygen atoms in total. The summed E-state index contributed by atoms with van der Waals surface area (Å²) in [6.07, 6.45) is 1.92. The Balaban J connectivity index is 1.71. The molecule has 0 saturated carbocycles. The molecule has 4 rings (SSSR count). The molecule has 1 aromatic heterocycles. The van der Waals surface area contributed by atoms with Gasteiger partial charge in [-0.15, -0.1) is 0 Å². The molecule has 0 spiro atoms. The van der Waals surface area contributed by atoms with Gasteiger partial charge in [0.15, 0.2) is 0 Å². The molecule has 3 heterocycles. The average molecular weight is 254 g/mol. The third-order valence-electron chi connectivity index (χ3n) is 4.66.